The third-order valence-corrected chi connectivity index (χ3v) is 16.1. The number of unbranched alkanes of at least 4 members (excludes halogenated alkanes) is 1. The van der Waals surface area contributed by atoms with E-state index in [0.29, 0.717) is 83.9 Å². The molecule has 0 aliphatic heterocycles. The SMILES string of the molecule is C=C(O)C1CC(C(=O)CC2CCC3(C)C(CCC4(C)C5CCC/C(=C(\C(=O)CCCCNC(O)(O)c6ccccc6)C(C)C)C5CCC43)C2C)C1C. The van der Waals surface area contributed by atoms with E-state index in [4.69, 9.17) is 0 Å². The molecule has 11 unspecified atom stereocenters. The van der Waals surface area contributed by atoms with Crippen LogP contribution in [-0.2, 0) is 15.5 Å². The zero-order valence-corrected chi connectivity index (χ0v) is 33.1. The second-order valence-corrected chi connectivity index (χ2v) is 19.0. The summed E-state index contributed by atoms with van der Waals surface area (Å²) in [6.07, 6.45) is 14.2. The fourth-order valence-corrected chi connectivity index (χ4v) is 13.2. The summed E-state index contributed by atoms with van der Waals surface area (Å²) >= 11 is 0. The minimum atomic E-state index is -2.08. The molecule has 6 rings (SSSR count). The third-order valence-electron chi connectivity index (χ3n) is 16.1. The summed E-state index contributed by atoms with van der Waals surface area (Å²) in [6.45, 7) is 18.4. The first-order valence-electron chi connectivity index (χ1n) is 21.0. The number of aliphatic hydroxyl groups is 3. The minimum Gasteiger partial charge on any atom is -0.513 e. The Labute approximate surface area is 314 Å². The first-order valence-corrected chi connectivity index (χ1v) is 21.0. The van der Waals surface area contributed by atoms with Gasteiger partial charge in [-0.2, -0.15) is 0 Å². The fraction of sp³-hybridized carbons (Fsp3) is 0.739. The Bertz CT molecular complexity index is 1500. The lowest BCUT2D eigenvalue weighted by molar-refractivity contribution is -0.194. The van der Waals surface area contributed by atoms with Crippen molar-refractivity contribution in [2.75, 3.05) is 6.54 Å². The summed E-state index contributed by atoms with van der Waals surface area (Å²) in [7, 11) is 0. The summed E-state index contributed by atoms with van der Waals surface area (Å²) in [4.78, 5) is 27.5. The van der Waals surface area contributed by atoms with E-state index >= 15 is 0 Å². The second kappa shape index (κ2) is 15.5. The normalized spacial score (nSPS) is 38.4. The molecule has 0 spiro atoms. The largest absolute Gasteiger partial charge is 0.513 e. The van der Waals surface area contributed by atoms with E-state index in [0.717, 1.165) is 31.3 Å². The summed E-state index contributed by atoms with van der Waals surface area (Å²) < 4.78 is 0. The first-order chi connectivity index (χ1) is 24.6. The Balaban J connectivity index is 1.09. The van der Waals surface area contributed by atoms with Crippen molar-refractivity contribution in [1.82, 2.24) is 5.32 Å². The van der Waals surface area contributed by atoms with Gasteiger partial charge < -0.3 is 15.3 Å². The van der Waals surface area contributed by atoms with Crippen molar-refractivity contribution in [2.45, 2.75) is 137 Å². The summed E-state index contributed by atoms with van der Waals surface area (Å²) in [5, 5.41) is 33.7. The molecule has 5 fully saturated rings. The van der Waals surface area contributed by atoms with Crippen LogP contribution in [0.1, 0.15) is 137 Å². The summed E-state index contributed by atoms with van der Waals surface area (Å²) in [6, 6.07) is 8.79. The van der Waals surface area contributed by atoms with E-state index in [1.165, 1.54) is 50.5 Å². The third kappa shape index (κ3) is 7.27. The molecule has 1 aromatic carbocycles. The van der Waals surface area contributed by atoms with Gasteiger partial charge in [0.15, 0.2) is 5.78 Å². The molecule has 0 heterocycles. The Morgan fingerprint density at radius 1 is 0.923 bits per heavy atom. The highest BCUT2D eigenvalue weighted by molar-refractivity contribution is 5.96. The maximum absolute atomic E-state index is 14.0. The van der Waals surface area contributed by atoms with Gasteiger partial charge in [-0.05, 0) is 141 Å². The molecule has 5 aliphatic carbocycles. The van der Waals surface area contributed by atoms with E-state index in [1.807, 2.05) is 6.07 Å². The van der Waals surface area contributed by atoms with Crippen molar-refractivity contribution in [1.29, 1.82) is 0 Å². The zero-order chi connectivity index (χ0) is 37.6. The molecular formula is C46H69NO5. The Hall–Kier alpha value is -2.28. The number of carbonyl (C=O) groups is 2. The predicted molar refractivity (Wildman–Crippen MR) is 208 cm³/mol. The van der Waals surface area contributed by atoms with Gasteiger partial charge in [-0.3, -0.25) is 14.9 Å². The lowest BCUT2D eigenvalue weighted by atomic mass is 9.38. The van der Waals surface area contributed by atoms with Crippen molar-refractivity contribution in [3.8, 4) is 0 Å². The summed E-state index contributed by atoms with van der Waals surface area (Å²) in [5.74, 6) is 2.95. The molecule has 288 valence electrons. The van der Waals surface area contributed by atoms with Crippen LogP contribution in [0.15, 0.2) is 53.8 Å². The minimum absolute atomic E-state index is 0.0836. The molecule has 5 saturated carbocycles. The number of hydrogen-bond acceptors (Lipinski definition) is 6. The number of allylic oxidation sites excluding steroid dienone is 3. The van der Waals surface area contributed by atoms with E-state index in [1.54, 1.807) is 24.3 Å². The number of fused-ring (bicyclic) bond motifs is 5. The van der Waals surface area contributed by atoms with Crippen LogP contribution < -0.4 is 5.32 Å². The van der Waals surface area contributed by atoms with Crippen LogP contribution in [-0.4, -0.2) is 33.4 Å². The molecule has 11 atom stereocenters. The van der Waals surface area contributed by atoms with E-state index in [9.17, 15) is 24.9 Å². The highest BCUT2D eigenvalue weighted by atomic mass is 16.5. The van der Waals surface area contributed by atoms with Gasteiger partial charge in [0.05, 0.1) is 5.76 Å². The van der Waals surface area contributed by atoms with Gasteiger partial charge in [-0.15, -0.1) is 0 Å². The highest BCUT2D eigenvalue weighted by Crippen LogP contribution is 2.70. The highest BCUT2D eigenvalue weighted by Gasteiger charge is 2.62. The number of ketones is 2. The molecule has 0 radical (unpaired) electrons. The Kier molecular flexibility index (Phi) is 11.7. The number of Topliss-reactive ketones (excluding diaryl/α,β-unsaturated/α-hetero) is 2. The smallest absolute Gasteiger partial charge is 0.250 e. The Morgan fingerprint density at radius 2 is 1.62 bits per heavy atom. The van der Waals surface area contributed by atoms with Crippen LogP contribution in [0.4, 0.5) is 0 Å². The summed E-state index contributed by atoms with van der Waals surface area (Å²) in [5.41, 5.74) is 3.56. The van der Waals surface area contributed by atoms with Crippen LogP contribution >= 0.6 is 0 Å². The topological polar surface area (TPSA) is 107 Å². The quantitative estimate of drug-likeness (QED) is 0.0702. The van der Waals surface area contributed by atoms with Crippen LogP contribution in [0.25, 0.3) is 0 Å². The van der Waals surface area contributed by atoms with E-state index in [-0.39, 0.29) is 34.8 Å². The second-order valence-electron chi connectivity index (χ2n) is 19.0. The molecule has 0 amide bonds. The predicted octanol–water partition coefficient (Wildman–Crippen LogP) is 9.66. The molecule has 4 N–H and O–H groups in total. The molecule has 6 heteroatoms. The van der Waals surface area contributed by atoms with Gasteiger partial charge in [-0.25, -0.2) is 0 Å². The molecule has 52 heavy (non-hydrogen) atoms. The standard InChI is InChI=1S/C46H69NO5/c1-28(2)43(40(49)18-11-12-25-47-46(51,52)33-14-9-8-10-15-33)35-16-13-17-39-34(35)19-20-42-44(6)23-21-32(29(3)38(44)22-24-45(39,42)7)26-41(50)37-27-36(30(37)4)31(5)48/h8-10,14-15,28-30,32,34,36-39,42,47-48,51-52H,5,11-13,16-27H2,1-4,6-7H3/b43-35+. The maximum atomic E-state index is 14.0. The molecule has 0 saturated heterocycles. The molecule has 5 aliphatic rings. The first kappa shape index (κ1) is 39.4. The number of aliphatic hydroxyl groups excluding tert-OH is 1. The lowest BCUT2D eigenvalue weighted by Gasteiger charge is -2.66. The van der Waals surface area contributed by atoms with Crippen molar-refractivity contribution >= 4 is 11.6 Å². The average Bonchev–Trinajstić information content (AvgIpc) is 3.09. The van der Waals surface area contributed by atoms with Crippen molar-refractivity contribution in [3.63, 3.8) is 0 Å². The Morgan fingerprint density at radius 3 is 2.29 bits per heavy atom. The van der Waals surface area contributed by atoms with E-state index < -0.39 is 5.91 Å². The van der Waals surface area contributed by atoms with Crippen molar-refractivity contribution < 1.29 is 24.9 Å². The number of hydrogen-bond donors (Lipinski definition) is 4. The molecular weight excluding hydrogens is 647 g/mol. The molecule has 6 nitrogen and oxygen atoms in total. The lowest BCUT2D eigenvalue weighted by Crippen LogP contribution is -2.59. The van der Waals surface area contributed by atoms with Crippen LogP contribution in [0.3, 0.4) is 0 Å². The van der Waals surface area contributed by atoms with Gasteiger partial charge in [0.25, 0.3) is 5.91 Å². The number of rotatable bonds is 13. The number of nitrogens with one attached hydrogen (secondary N) is 1. The molecule has 1 aromatic rings. The molecule has 0 aromatic heterocycles. The van der Waals surface area contributed by atoms with E-state index in [2.05, 4.69) is 53.4 Å². The fourth-order valence-electron chi connectivity index (χ4n) is 13.2. The number of carbonyl (C=O) groups excluding carboxylic acids is 2. The number of benzene rings is 1. The van der Waals surface area contributed by atoms with Crippen molar-refractivity contribution in [3.05, 3.63) is 59.4 Å². The van der Waals surface area contributed by atoms with Gasteiger partial charge in [0.2, 0.25) is 0 Å². The van der Waals surface area contributed by atoms with Gasteiger partial charge in [-0.1, -0.05) is 84.0 Å². The van der Waals surface area contributed by atoms with Gasteiger partial charge >= 0.3 is 0 Å². The van der Waals surface area contributed by atoms with Crippen LogP contribution in [0.5, 0.6) is 0 Å². The maximum Gasteiger partial charge on any atom is 0.250 e. The van der Waals surface area contributed by atoms with Crippen LogP contribution in [0, 0.1) is 70.0 Å². The van der Waals surface area contributed by atoms with Gasteiger partial charge in [0.1, 0.15) is 5.78 Å². The average molecular weight is 716 g/mol. The zero-order valence-electron chi connectivity index (χ0n) is 33.1. The van der Waals surface area contributed by atoms with Crippen LogP contribution in [0.2, 0.25) is 0 Å². The van der Waals surface area contributed by atoms with Crippen molar-refractivity contribution in [2.24, 2.45) is 70.0 Å². The monoisotopic (exact) mass is 716 g/mol. The molecule has 0 bridgehead atoms. The van der Waals surface area contributed by atoms with Gasteiger partial charge in [0, 0.05) is 36.8 Å².